The second kappa shape index (κ2) is 7.60. The van der Waals surface area contributed by atoms with Gasteiger partial charge in [0.1, 0.15) is 6.54 Å². The van der Waals surface area contributed by atoms with Crippen LogP contribution in [0.4, 0.5) is 0 Å². The lowest BCUT2D eigenvalue weighted by atomic mass is 10.00. The Morgan fingerprint density at radius 1 is 1.04 bits per heavy atom. The van der Waals surface area contributed by atoms with Crippen LogP contribution in [0.2, 0.25) is 0 Å². The normalized spacial score (nSPS) is 12.1. The number of hydrogen-bond acceptors (Lipinski definition) is 4. The largest absolute Gasteiger partial charge is 0.348 e. The number of benzene rings is 3. The zero-order valence-corrected chi connectivity index (χ0v) is 15.8. The summed E-state index contributed by atoms with van der Waals surface area (Å²) >= 11 is 0. The highest BCUT2D eigenvalue weighted by Gasteiger charge is 2.14. The van der Waals surface area contributed by atoms with Gasteiger partial charge in [0.15, 0.2) is 0 Å². The van der Waals surface area contributed by atoms with Crippen LogP contribution in [0.25, 0.3) is 22.2 Å². The summed E-state index contributed by atoms with van der Waals surface area (Å²) in [6.07, 6.45) is 0. The van der Waals surface area contributed by atoms with E-state index in [0.717, 1.165) is 27.5 Å². The minimum absolute atomic E-state index is 0.0218. The summed E-state index contributed by atoms with van der Waals surface area (Å²) in [7, 11) is 0. The number of tetrazole rings is 1. The van der Waals surface area contributed by atoms with E-state index in [1.807, 2.05) is 62.4 Å². The molecule has 28 heavy (non-hydrogen) atoms. The molecule has 0 radical (unpaired) electrons. The molecule has 1 heterocycles. The van der Waals surface area contributed by atoms with Crippen LogP contribution in [0.1, 0.15) is 24.1 Å². The van der Waals surface area contributed by atoms with E-state index in [-0.39, 0.29) is 18.5 Å². The molecule has 1 N–H and O–H groups in total. The number of aryl methyl sites for hydroxylation is 1. The molecule has 1 amide bonds. The smallest absolute Gasteiger partial charge is 0.244 e. The molecule has 0 unspecified atom stereocenters. The first kappa shape index (κ1) is 17.9. The van der Waals surface area contributed by atoms with Crippen molar-refractivity contribution in [1.29, 1.82) is 0 Å². The summed E-state index contributed by atoms with van der Waals surface area (Å²) in [6.45, 7) is 4.02. The van der Waals surface area contributed by atoms with Crippen LogP contribution in [-0.2, 0) is 11.3 Å². The van der Waals surface area contributed by atoms with Gasteiger partial charge in [-0.05, 0) is 35.4 Å². The number of carbonyl (C=O) groups excluding carboxylic acids is 1. The van der Waals surface area contributed by atoms with Gasteiger partial charge in [0.05, 0.1) is 6.04 Å². The molecule has 4 aromatic rings. The van der Waals surface area contributed by atoms with Crippen molar-refractivity contribution in [2.75, 3.05) is 0 Å². The Bertz CT molecular complexity index is 1110. The Kier molecular flexibility index (Phi) is 4.85. The topological polar surface area (TPSA) is 72.7 Å². The highest BCUT2D eigenvalue weighted by Crippen LogP contribution is 2.24. The van der Waals surface area contributed by atoms with Crippen LogP contribution in [-0.4, -0.2) is 26.1 Å². The van der Waals surface area contributed by atoms with E-state index in [1.54, 1.807) is 0 Å². The minimum atomic E-state index is -0.159. The van der Waals surface area contributed by atoms with Crippen molar-refractivity contribution in [2.24, 2.45) is 0 Å². The molecule has 3 aromatic carbocycles. The summed E-state index contributed by atoms with van der Waals surface area (Å²) < 4.78 is 0. The van der Waals surface area contributed by atoms with E-state index in [2.05, 4.69) is 38.9 Å². The third-order valence-corrected chi connectivity index (χ3v) is 4.71. The van der Waals surface area contributed by atoms with Crippen molar-refractivity contribution in [3.63, 3.8) is 0 Å². The van der Waals surface area contributed by atoms with Gasteiger partial charge in [-0.3, -0.25) is 4.79 Å². The van der Waals surface area contributed by atoms with Crippen LogP contribution in [0.3, 0.4) is 0 Å². The zero-order chi connectivity index (χ0) is 19.5. The Morgan fingerprint density at radius 3 is 2.61 bits per heavy atom. The fourth-order valence-corrected chi connectivity index (χ4v) is 3.25. The summed E-state index contributed by atoms with van der Waals surface area (Å²) in [4.78, 5) is 13.8. The molecule has 0 fully saturated rings. The maximum Gasteiger partial charge on any atom is 0.244 e. The quantitative estimate of drug-likeness (QED) is 0.581. The maximum absolute atomic E-state index is 12.5. The molecule has 0 aliphatic rings. The average Bonchev–Trinajstić information content (AvgIpc) is 3.16. The van der Waals surface area contributed by atoms with Crippen molar-refractivity contribution in [3.8, 4) is 11.4 Å². The third-order valence-electron chi connectivity index (χ3n) is 4.71. The first-order valence-electron chi connectivity index (χ1n) is 9.22. The molecule has 0 aliphatic heterocycles. The van der Waals surface area contributed by atoms with Gasteiger partial charge < -0.3 is 5.32 Å². The lowest BCUT2D eigenvalue weighted by molar-refractivity contribution is -0.122. The van der Waals surface area contributed by atoms with Crippen LogP contribution in [0.5, 0.6) is 0 Å². The third kappa shape index (κ3) is 3.76. The Labute approximate surface area is 163 Å². The van der Waals surface area contributed by atoms with Gasteiger partial charge in [-0.2, -0.15) is 4.80 Å². The second-order valence-corrected chi connectivity index (χ2v) is 6.87. The summed E-state index contributed by atoms with van der Waals surface area (Å²) in [6, 6.07) is 22.0. The van der Waals surface area contributed by atoms with Gasteiger partial charge in [0, 0.05) is 5.56 Å². The molecule has 6 heteroatoms. The molecular formula is C22H21N5O. The molecule has 4 rings (SSSR count). The van der Waals surface area contributed by atoms with E-state index >= 15 is 0 Å². The summed E-state index contributed by atoms with van der Waals surface area (Å²) in [5.74, 6) is 0.350. The number of rotatable bonds is 5. The highest BCUT2D eigenvalue weighted by molar-refractivity contribution is 5.86. The van der Waals surface area contributed by atoms with Crippen LogP contribution >= 0.6 is 0 Å². The SMILES string of the molecule is Cc1ccc(-c2nnn(CC(=O)N[C@@H](C)c3cccc4ccccc34)n2)cc1. The van der Waals surface area contributed by atoms with E-state index in [1.165, 1.54) is 4.80 Å². The number of hydrogen-bond donors (Lipinski definition) is 1. The van der Waals surface area contributed by atoms with Gasteiger partial charge in [-0.1, -0.05) is 72.3 Å². The first-order chi connectivity index (χ1) is 13.6. The van der Waals surface area contributed by atoms with Gasteiger partial charge in [-0.25, -0.2) is 0 Å². The monoisotopic (exact) mass is 371 g/mol. The van der Waals surface area contributed by atoms with Crippen molar-refractivity contribution in [2.45, 2.75) is 26.4 Å². The Balaban J connectivity index is 1.45. The fraction of sp³-hybridized carbons (Fsp3) is 0.182. The number of fused-ring (bicyclic) bond motifs is 1. The fourth-order valence-electron chi connectivity index (χ4n) is 3.25. The number of nitrogens with one attached hydrogen (secondary N) is 1. The van der Waals surface area contributed by atoms with Crippen molar-refractivity contribution in [3.05, 3.63) is 77.9 Å². The van der Waals surface area contributed by atoms with E-state index in [4.69, 9.17) is 0 Å². The van der Waals surface area contributed by atoms with Crippen LogP contribution < -0.4 is 5.32 Å². The van der Waals surface area contributed by atoms with E-state index in [0.29, 0.717) is 5.82 Å². The van der Waals surface area contributed by atoms with Crippen molar-refractivity contribution >= 4 is 16.7 Å². The van der Waals surface area contributed by atoms with Crippen LogP contribution in [0, 0.1) is 6.92 Å². The van der Waals surface area contributed by atoms with Gasteiger partial charge in [-0.15, -0.1) is 10.2 Å². The van der Waals surface area contributed by atoms with Gasteiger partial charge in [0.25, 0.3) is 0 Å². The van der Waals surface area contributed by atoms with Gasteiger partial charge >= 0.3 is 0 Å². The molecular weight excluding hydrogens is 350 g/mol. The predicted octanol–water partition coefficient (Wildman–Crippen LogP) is 3.68. The Hall–Kier alpha value is -3.54. The molecule has 0 saturated heterocycles. The molecule has 140 valence electrons. The molecule has 0 saturated carbocycles. The highest BCUT2D eigenvalue weighted by atomic mass is 16.2. The lowest BCUT2D eigenvalue weighted by Crippen LogP contribution is -2.31. The van der Waals surface area contributed by atoms with Gasteiger partial charge in [0.2, 0.25) is 11.7 Å². The Morgan fingerprint density at radius 2 is 1.79 bits per heavy atom. The number of amides is 1. The average molecular weight is 371 g/mol. The molecule has 0 aliphatic carbocycles. The summed E-state index contributed by atoms with van der Waals surface area (Å²) in [5.41, 5.74) is 3.12. The van der Waals surface area contributed by atoms with Crippen LogP contribution in [0.15, 0.2) is 66.7 Å². The maximum atomic E-state index is 12.5. The second-order valence-electron chi connectivity index (χ2n) is 6.87. The van der Waals surface area contributed by atoms with E-state index in [9.17, 15) is 4.79 Å². The standard InChI is InChI=1S/C22H21N5O/c1-15-10-12-18(13-11-15)22-24-26-27(25-22)14-21(28)23-16(2)19-9-5-7-17-6-3-4-8-20(17)19/h3-13,16H,14H2,1-2H3,(H,23,28)/t16-/m0/s1. The van der Waals surface area contributed by atoms with Crippen molar-refractivity contribution < 1.29 is 4.79 Å². The van der Waals surface area contributed by atoms with Crippen molar-refractivity contribution in [1.82, 2.24) is 25.5 Å². The zero-order valence-electron chi connectivity index (χ0n) is 15.8. The molecule has 1 aromatic heterocycles. The predicted molar refractivity (Wildman–Crippen MR) is 108 cm³/mol. The summed E-state index contributed by atoms with van der Waals surface area (Å²) in [5, 5.41) is 17.7. The van der Waals surface area contributed by atoms with E-state index < -0.39 is 0 Å². The number of nitrogens with zero attached hydrogens (tertiary/aromatic N) is 4. The minimum Gasteiger partial charge on any atom is -0.348 e. The number of aromatic nitrogens is 4. The molecule has 0 spiro atoms. The number of carbonyl (C=O) groups is 1. The first-order valence-corrected chi connectivity index (χ1v) is 9.22. The molecule has 6 nitrogen and oxygen atoms in total. The molecule has 1 atom stereocenters. The lowest BCUT2D eigenvalue weighted by Gasteiger charge is -2.16. The molecule has 0 bridgehead atoms.